The highest BCUT2D eigenvalue weighted by atomic mass is 32.1. The maximum atomic E-state index is 12.3. The van der Waals surface area contributed by atoms with Crippen LogP contribution in [-0.4, -0.2) is 30.8 Å². The molecule has 7 nitrogen and oxygen atoms in total. The van der Waals surface area contributed by atoms with Gasteiger partial charge in [0.25, 0.3) is 5.91 Å². The number of rotatable bonds is 6. The Labute approximate surface area is 167 Å². The Morgan fingerprint density at radius 3 is 2.24 bits per heavy atom. The molecule has 11 heteroatoms. The van der Waals surface area contributed by atoms with Crippen LogP contribution in [0.2, 0.25) is 0 Å². The monoisotopic (exact) mass is 430 g/mol. The zero-order chi connectivity index (χ0) is 21.8. The molecule has 0 spiro atoms. The quantitative estimate of drug-likeness (QED) is 0.676. The average molecular weight is 430 g/mol. The fourth-order valence-corrected chi connectivity index (χ4v) is 3.36. The molecule has 1 aromatic carbocycles. The standard InChI is InChI=1S/C18H17F3N2O5S/c1-9-10(2)29-16(22-11(3)24)15(9)17(26)27-8-14(25)23-12-4-6-13(7-5-12)28-18(19,20)21/h4-7H,8H2,1-3H3,(H,22,24)(H,23,25). The first-order valence-corrected chi connectivity index (χ1v) is 8.98. The first-order chi connectivity index (χ1) is 13.5. The third kappa shape index (κ3) is 6.49. The van der Waals surface area contributed by atoms with E-state index in [2.05, 4.69) is 15.4 Å². The summed E-state index contributed by atoms with van der Waals surface area (Å²) in [7, 11) is 0. The minimum atomic E-state index is -4.81. The van der Waals surface area contributed by atoms with Crippen LogP contribution in [0.25, 0.3) is 0 Å². The largest absolute Gasteiger partial charge is 0.573 e. The second kappa shape index (κ2) is 8.95. The number of carbonyl (C=O) groups excluding carboxylic acids is 3. The number of halogens is 3. The van der Waals surface area contributed by atoms with Gasteiger partial charge in [0, 0.05) is 17.5 Å². The van der Waals surface area contributed by atoms with Gasteiger partial charge in [0.15, 0.2) is 6.61 Å². The van der Waals surface area contributed by atoms with Crippen molar-refractivity contribution >= 4 is 39.8 Å². The third-order valence-electron chi connectivity index (χ3n) is 3.59. The van der Waals surface area contributed by atoms with Crippen LogP contribution in [0.3, 0.4) is 0 Å². The van der Waals surface area contributed by atoms with Crippen molar-refractivity contribution in [2.45, 2.75) is 27.1 Å². The van der Waals surface area contributed by atoms with Crippen LogP contribution < -0.4 is 15.4 Å². The molecule has 2 rings (SSSR count). The molecule has 0 aliphatic carbocycles. The molecule has 2 aromatic rings. The van der Waals surface area contributed by atoms with Gasteiger partial charge in [-0.1, -0.05) is 0 Å². The van der Waals surface area contributed by atoms with Crippen molar-refractivity contribution in [3.8, 4) is 5.75 Å². The second-order valence-electron chi connectivity index (χ2n) is 5.87. The highest BCUT2D eigenvalue weighted by Gasteiger charge is 2.31. The second-order valence-corrected chi connectivity index (χ2v) is 7.09. The van der Waals surface area contributed by atoms with Gasteiger partial charge in [0.1, 0.15) is 10.8 Å². The van der Waals surface area contributed by atoms with Crippen molar-refractivity contribution in [2.75, 3.05) is 17.2 Å². The van der Waals surface area contributed by atoms with Crippen molar-refractivity contribution in [3.63, 3.8) is 0 Å². The number of hydrogen-bond acceptors (Lipinski definition) is 6. The SMILES string of the molecule is CC(=O)Nc1sc(C)c(C)c1C(=O)OCC(=O)Nc1ccc(OC(F)(F)F)cc1. The van der Waals surface area contributed by atoms with Gasteiger partial charge < -0.3 is 20.1 Å². The zero-order valence-electron chi connectivity index (χ0n) is 15.6. The summed E-state index contributed by atoms with van der Waals surface area (Å²) in [4.78, 5) is 36.4. The van der Waals surface area contributed by atoms with Crippen LogP contribution in [0, 0.1) is 13.8 Å². The van der Waals surface area contributed by atoms with Crippen LogP contribution in [0.5, 0.6) is 5.75 Å². The number of ether oxygens (including phenoxy) is 2. The molecular weight excluding hydrogens is 413 g/mol. The number of nitrogens with one attached hydrogen (secondary N) is 2. The summed E-state index contributed by atoms with van der Waals surface area (Å²) in [5.41, 5.74) is 0.996. The molecule has 2 N–H and O–H groups in total. The maximum absolute atomic E-state index is 12.3. The number of carbonyl (C=O) groups is 3. The minimum absolute atomic E-state index is 0.171. The molecule has 1 aromatic heterocycles. The van der Waals surface area contributed by atoms with E-state index in [4.69, 9.17) is 4.74 Å². The average Bonchev–Trinajstić information content (AvgIpc) is 2.86. The van der Waals surface area contributed by atoms with Crippen molar-refractivity contribution < 1.29 is 37.0 Å². The topological polar surface area (TPSA) is 93.7 Å². The molecule has 156 valence electrons. The molecule has 29 heavy (non-hydrogen) atoms. The highest BCUT2D eigenvalue weighted by Crippen LogP contribution is 2.33. The van der Waals surface area contributed by atoms with Crippen LogP contribution >= 0.6 is 11.3 Å². The number of esters is 1. The molecule has 0 bridgehead atoms. The van der Waals surface area contributed by atoms with Gasteiger partial charge in [-0.25, -0.2) is 4.79 Å². The predicted octanol–water partition coefficient (Wildman–Crippen LogP) is 4.02. The van der Waals surface area contributed by atoms with E-state index in [1.165, 1.54) is 30.4 Å². The number of alkyl halides is 3. The molecule has 0 atom stereocenters. The van der Waals surface area contributed by atoms with E-state index in [1.54, 1.807) is 13.8 Å². The van der Waals surface area contributed by atoms with Gasteiger partial charge in [0.2, 0.25) is 5.91 Å². The third-order valence-corrected chi connectivity index (χ3v) is 4.71. The molecule has 1 heterocycles. The van der Waals surface area contributed by atoms with Crippen molar-refractivity contribution in [1.29, 1.82) is 0 Å². The number of aryl methyl sites for hydroxylation is 1. The first-order valence-electron chi connectivity index (χ1n) is 8.16. The number of anilines is 2. The molecule has 0 unspecified atom stereocenters. The van der Waals surface area contributed by atoms with Crippen molar-refractivity contribution in [2.24, 2.45) is 0 Å². The van der Waals surface area contributed by atoms with Gasteiger partial charge in [-0.05, 0) is 43.7 Å². The van der Waals surface area contributed by atoms with Gasteiger partial charge >= 0.3 is 12.3 Å². The molecule has 0 radical (unpaired) electrons. The number of amides is 2. The lowest BCUT2D eigenvalue weighted by Gasteiger charge is -2.10. The summed E-state index contributed by atoms with van der Waals surface area (Å²) in [6.45, 7) is 4.16. The van der Waals surface area contributed by atoms with E-state index >= 15 is 0 Å². The van der Waals surface area contributed by atoms with Crippen LogP contribution in [-0.2, 0) is 14.3 Å². The van der Waals surface area contributed by atoms with E-state index in [0.717, 1.165) is 17.0 Å². The van der Waals surface area contributed by atoms with E-state index < -0.39 is 30.6 Å². The molecule has 0 fully saturated rings. The van der Waals surface area contributed by atoms with E-state index in [-0.39, 0.29) is 17.2 Å². The molecule has 0 aliphatic heterocycles. The summed E-state index contributed by atoms with van der Waals surface area (Å²) in [6.07, 6.45) is -4.81. The van der Waals surface area contributed by atoms with Crippen LogP contribution in [0.1, 0.15) is 27.7 Å². The summed E-state index contributed by atoms with van der Waals surface area (Å²) in [5.74, 6) is -2.25. The number of benzene rings is 1. The van der Waals surface area contributed by atoms with E-state index in [9.17, 15) is 27.6 Å². The molecule has 2 amide bonds. The fraction of sp³-hybridized carbons (Fsp3) is 0.278. The Bertz CT molecular complexity index is 923. The summed E-state index contributed by atoms with van der Waals surface area (Å²) >= 11 is 1.21. The molecule has 0 aliphatic rings. The maximum Gasteiger partial charge on any atom is 0.573 e. The molecule has 0 saturated carbocycles. The smallest absolute Gasteiger partial charge is 0.452 e. The Morgan fingerprint density at radius 1 is 1.07 bits per heavy atom. The van der Waals surface area contributed by atoms with Gasteiger partial charge in [-0.2, -0.15) is 0 Å². The van der Waals surface area contributed by atoms with Gasteiger partial charge in [0.05, 0.1) is 5.56 Å². The van der Waals surface area contributed by atoms with E-state index in [1.807, 2.05) is 0 Å². The van der Waals surface area contributed by atoms with Crippen molar-refractivity contribution in [3.05, 3.63) is 40.3 Å². The van der Waals surface area contributed by atoms with Gasteiger partial charge in [-0.3, -0.25) is 9.59 Å². The van der Waals surface area contributed by atoms with Gasteiger partial charge in [-0.15, -0.1) is 24.5 Å². The Morgan fingerprint density at radius 2 is 1.69 bits per heavy atom. The van der Waals surface area contributed by atoms with Crippen LogP contribution in [0.15, 0.2) is 24.3 Å². The molecule has 0 saturated heterocycles. The predicted molar refractivity (Wildman–Crippen MR) is 100 cm³/mol. The summed E-state index contributed by atoms with van der Waals surface area (Å²) < 4.78 is 45.1. The Balaban J connectivity index is 1.96. The summed E-state index contributed by atoms with van der Waals surface area (Å²) in [6, 6.07) is 4.49. The fourth-order valence-electron chi connectivity index (χ4n) is 2.26. The Kier molecular flexibility index (Phi) is 6.85. The number of hydrogen-bond donors (Lipinski definition) is 2. The summed E-state index contributed by atoms with van der Waals surface area (Å²) in [5, 5.41) is 5.27. The first kappa shape index (κ1) is 22.2. The Hall–Kier alpha value is -3.08. The van der Waals surface area contributed by atoms with E-state index in [0.29, 0.717) is 10.6 Å². The lowest BCUT2D eigenvalue weighted by molar-refractivity contribution is -0.274. The minimum Gasteiger partial charge on any atom is -0.452 e. The normalized spacial score (nSPS) is 11.0. The molecular formula is C18H17F3N2O5S. The number of thiophene rings is 1. The lowest BCUT2D eigenvalue weighted by atomic mass is 10.1. The zero-order valence-corrected chi connectivity index (χ0v) is 16.4. The highest BCUT2D eigenvalue weighted by molar-refractivity contribution is 7.16. The lowest BCUT2D eigenvalue weighted by Crippen LogP contribution is -2.21. The van der Waals surface area contributed by atoms with Crippen molar-refractivity contribution in [1.82, 2.24) is 0 Å². The van der Waals surface area contributed by atoms with Crippen LogP contribution in [0.4, 0.5) is 23.9 Å².